The highest BCUT2D eigenvalue weighted by molar-refractivity contribution is 7.92. The van der Waals surface area contributed by atoms with Crippen LogP contribution >= 0.6 is 0 Å². The number of hydrogen-bond acceptors (Lipinski definition) is 11. The average Bonchev–Trinajstić information content (AvgIpc) is 3.73. The molecule has 18 heteroatoms. The van der Waals surface area contributed by atoms with Gasteiger partial charge in [0.15, 0.2) is 21.5 Å². The Bertz CT molecular complexity index is 2800. The van der Waals surface area contributed by atoms with Crippen LogP contribution in [0.25, 0.3) is 22.3 Å². The Morgan fingerprint density at radius 3 is 2.41 bits per heavy atom. The molecule has 5 aromatic rings. The molecule has 6 rings (SSSR count). The van der Waals surface area contributed by atoms with Crippen LogP contribution < -0.4 is 5.73 Å². The lowest BCUT2D eigenvalue weighted by Gasteiger charge is -2.31. The summed E-state index contributed by atoms with van der Waals surface area (Å²) in [6, 6.07) is 11.4. The molecule has 3 heterocycles. The summed E-state index contributed by atoms with van der Waals surface area (Å²) in [5.74, 6) is -3.71. The van der Waals surface area contributed by atoms with Gasteiger partial charge in [-0.3, -0.25) is 4.79 Å². The number of halogens is 2. The maximum atomic E-state index is 16.4. The molecule has 1 aliphatic heterocycles. The van der Waals surface area contributed by atoms with E-state index in [1.54, 1.807) is 6.92 Å². The second kappa shape index (κ2) is 15.2. The van der Waals surface area contributed by atoms with Crippen LogP contribution in [0.5, 0.6) is 0 Å². The van der Waals surface area contributed by atoms with E-state index >= 15 is 8.78 Å². The molecule has 2 atom stereocenters. The number of hydrogen-bond donors (Lipinski definition) is 1. The van der Waals surface area contributed by atoms with Crippen molar-refractivity contribution in [3.8, 4) is 11.4 Å². The normalized spacial score (nSPS) is 20.1. The van der Waals surface area contributed by atoms with E-state index in [1.807, 2.05) is 45.0 Å². The van der Waals surface area contributed by atoms with Gasteiger partial charge in [0.2, 0.25) is 19.9 Å². The number of nitrogen functional groups attached to an aromatic ring is 1. The monoisotopic (exact) mass is 859 g/mol. The van der Waals surface area contributed by atoms with Gasteiger partial charge in [-0.1, -0.05) is 51.5 Å². The second-order valence-electron chi connectivity index (χ2n) is 16.2. The molecule has 0 aliphatic carbocycles. The summed E-state index contributed by atoms with van der Waals surface area (Å²) in [4.78, 5) is 15.5. The van der Waals surface area contributed by atoms with E-state index in [-0.39, 0.29) is 45.4 Å². The highest BCUT2D eigenvalue weighted by atomic mass is 32.2. The van der Waals surface area contributed by atoms with Crippen LogP contribution in [0.2, 0.25) is 0 Å². The van der Waals surface area contributed by atoms with Crippen LogP contribution in [0.3, 0.4) is 0 Å². The maximum Gasteiger partial charge on any atom is 0.308 e. The zero-order valence-corrected chi connectivity index (χ0v) is 35.8. The summed E-state index contributed by atoms with van der Waals surface area (Å²) in [6.07, 6.45) is 3.27. The molecule has 2 N–H and O–H groups in total. The molecule has 13 nitrogen and oxygen atoms in total. The minimum Gasteiger partial charge on any atom is -0.469 e. The number of carbonyl (C=O) groups is 1. The third kappa shape index (κ3) is 8.14. The van der Waals surface area contributed by atoms with Crippen LogP contribution in [-0.4, -0.2) is 74.8 Å². The van der Waals surface area contributed by atoms with Crippen LogP contribution in [0.1, 0.15) is 69.5 Å². The number of benzene rings is 3. The topological polar surface area (TPSA) is 190 Å². The van der Waals surface area contributed by atoms with Crippen LogP contribution in [-0.2, 0) is 64.5 Å². The number of aryl methyl sites for hydroxylation is 2. The van der Waals surface area contributed by atoms with Gasteiger partial charge in [0.05, 0.1) is 57.9 Å². The van der Waals surface area contributed by atoms with Crippen LogP contribution in [0.15, 0.2) is 64.5 Å². The number of ether oxygens (including phenoxy) is 1. The van der Waals surface area contributed by atoms with Gasteiger partial charge in [-0.25, -0.2) is 47.7 Å². The Labute approximate surface area is 337 Å². The van der Waals surface area contributed by atoms with E-state index in [1.165, 1.54) is 24.9 Å². The molecule has 0 radical (unpaired) electrons. The Hall–Kier alpha value is -4.68. The number of anilines is 1. The van der Waals surface area contributed by atoms with E-state index in [4.69, 9.17) is 20.6 Å². The van der Waals surface area contributed by atoms with Crippen molar-refractivity contribution in [2.75, 3.05) is 30.6 Å². The highest BCUT2D eigenvalue weighted by Crippen LogP contribution is 2.42. The highest BCUT2D eigenvalue weighted by Gasteiger charge is 2.38. The number of esters is 1. The average molecular weight is 860 g/mol. The molecule has 4 bridgehead atoms. The van der Waals surface area contributed by atoms with E-state index in [9.17, 15) is 30.0 Å². The molecule has 0 saturated heterocycles. The lowest BCUT2D eigenvalue weighted by Crippen LogP contribution is -2.29. The van der Waals surface area contributed by atoms with Gasteiger partial charge < -0.3 is 10.5 Å². The Morgan fingerprint density at radius 1 is 1.03 bits per heavy atom. The lowest BCUT2D eigenvalue weighted by atomic mass is 9.75. The first kappa shape index (κ1) is 42.9. The fourth-order valence-corrected chi connectivity index (χ4v) is 12.5. The summed E-state index contributed by atoms with van der Waals surface area (Å²) in [6.45, 7) is 7.31. The smallest absolute Gasteiger partial charge is 0.308 e. The number of methoxy groups -OCH3 is 1. The number of rotatable bonds is 5. The number of nitrogens with zero attached hydrogens (tertiary/aromatic N) is 4. The molecule has 0 unspecified atom stereocenters. The summed E-state index contributed by atoms with van der Waals surface area (Å²) in [5, 5.41) is 4.74. The molecular weight excluding hydrogens is 813 g/mol. The zero-order chi connectivity index (χ0) is 42.7. The van der Waals surface area contributed by atoms with Gasteiger partial charge >= 0.3 is 5.97 Å². The predicted molar refractivity (Wildman–Crippen MR) is 216 cm³/mol. The third-order valence-electron chi connectivity index (χ3n) is 11.0. The first-order valence-corrected chi connectivity index (χ1v) is 23.7. The zero-order valence-electron chi connectivity index (χ0n) is 33.3. The molecule has 2 aromatic heterocycles. The van der Waals surface area contributed by atoms with Gasteiger partial charge in [0.1, 0.15) is 16.5 Å². The van der Waals surface area contributed by atoms with Gasteiger partial charge in [-0.05, 0) is 72.9 Å². The minimum atomic E-state index is -5.00. The molecule has 3 aromatic carbocycles. The van der Waals surface area contributed by atoms with Crippen molar-refractivity contribution in [3.05, 3.63) is 88.9 Å². The number of nitrogens with two attached hydrogens (primary N) is 1. The molecule has 0 fully saturated rings. The fraction of sp³-hybridized carbons (Fsp3) is 0.425. The summed E-state index contributed by atoms with van der Waals surface area (Å²) in [7, 11) is -10.1. The predicted octanol–water partition coefficient (Wildman–Crippen LogP) is 5.76. The van der Waals surface area contributed by atoms with E-state index < -0.39 is 85.7 Å². The van der Waals surface area contributed by atoms with Crippen molar-refractivity contribution >= 4 is 52.3 Å². The number of carbonyl (C=O) groups excluding carboxylic acids is 1. The summed E-state index contributed by atoms with van der Waals surface area (Å²) >= 11 is 0. The third-order valence-corrected chi connectivity index (χ3v) is 16.0. The largest absolute Gasteiger partial charge is 0.469 e. The first-order valence-electron chi connectivity index (χ1n) is 18.6. The Morgan fingerprint density at radius 2 is 1.74 bits per heavy atom. The maximum absolute atomic E-state index is 16.4. The van der Waals surface area contributed by atoms with E-state index in [0.717, 1.165) is 45.8 Å². The molecule has 1 aliphatic rings. The van der Waals surface area contributed by atoms with Crippen molar-refractivity contribution in [1.82, 2.24) is 18.7 Å². The minimum absolute atomic E-state index is 0.0104. The molecular formula is C40H47F2N5O8S3. The number of fused-ring (bicyclic) bond motifs is 8. The Kier molecular flexibility index (Phi) is 11.2. The van der Waals surface area contributed by atoms with Gasteiger partial charge in [-0.15, -0.1) is 0 Å². The fourth-order valence-electron chi connectivity index (χ4n) is 8.02. The van der Waals surface area contributed by atoms with Crippen molar-refractivity contribution in [2.45, 2.75) is 75.0 Å². The molecule has 312 valence electrons. The SMILES string of the molecule is COC(=O)[C@H](C)Cc1cccc([C@@]2(C)CCCC(C)(C)CS(=O)(=O)CCc3c(c(F)cc4c3ccn4S(C)(=O)=O)S(=O)(=O)c3cc(c(F)cc3N)-c3nc2nn3C)c1. The van der Waals surface area contributed by atoms with Gasteiger partial charge in [0, 0.05) is 24.7 Å². The van der Waals surface area contributed by atoms with Crippen LogP contribution in [0.4, 0.5) is 14.5 Å². The second-order valence-corrected chi connectivity index (χ2v) is 22.1. The number of sulfone groups is 2. The standard InChI is InChI=1S/C40H47F2N5O8S3/c1-24(37(48)55-6)18-25-10-8-11-26(19-25)40(4)15-9-14-39(2,3)23-57(51,52)17-13-28-27-12-16-47(56(7,49)50)33(27)22-31(42)35(28)58(53,54)34-20-29(30(41)21-32(34)43)36-44-38(40)45-46(36)5/h8,10-12,16,19-22,24H,9,13-15,17-18,23,43H2,1-7H3/t24-,40-/m1/s1. The summed E-state index contributed by atoms with van der Waals surface area (Å²) < 4.78 is 122. The number of aromatic nitrogens is 4. The quantitative estimate of drug-likeness (QED) is 0.128. The van der Waals surface area contributed by atoms with Gasteiger partial charge in [0.25, 0.3) is 0 Å². The molecule has 0 spiro atoms. The summed E-state index contributed by atoms with van der Waals surface area (Å²) in [5.41, 5.74) is 4.78. The van der Waals surface area contributed by atoms with Crippen molar-refractivity contribution < 1.29 is 43.6 Å². The van der Waals surface area contributed by atoms with Crippen molar-refractivity contribution in [3.63, 3.8) is 0 Å². The van der Waals surface area contributed by atoms with E-state index in [0.29, 0.717) is 25.7 Å². The first-order chi connectivity index (χ1) is 26.9. The van der Waals surface area contributed by atoms with Gasteiger partial charge in [-0.2, -0.15) is 5.10 Å². The molecule has 58 heavy (non-hydrogen) atoms. The van der Waals surface area contributed by atoms with E-state index in [2.05, 4.69) is 0 Å². The molecule has 0 saturated carbocycles. The lowest BCUT2D eigenvalue weighted by molar-refractivity contribution is -0.144. The van der Waals surface area contributed by atoms with Crippen molar-refractivity contribution in [2.24, 2.45) is 18.4 Å². The van der Waals surface area contributed by atoms with Crippen LogP contribution in [0, 0.1) is 23.0 Å². The Balaban J connectivity index is 1.60. The van der Waals surface area contributed by atoms with Crippen molar-refractivity contribution in [1.29, 1.82) is 0 Å². The molecule has 0 amide bonds.